The lowest BCUT2D eigenvalue weighted by atomic mass is 10.0. The molecule has 0 radical (unpaired) electrons. The van der Waals surface area contributed by atoms with Crippen molar-refractivity contribution in [2.45, 2.75) is 6.54 Å². The number of fused-ring (bicyclic) bond motifs is 1. The van der Waals surface area contributed by atoms with Gasteiger partial charge in [-0.3, -0.25) is 9.78 Å². The summed E-state index contributed by atoms with van der Waals surface area (Å²) < 4.78 is 5.17. The van der Waals surface area contributed by atoms with E-state index in [4.69, 9.17) is 10.2 Å². The smallest absolute Gasteiger partial charge is 0.347 e. The molecule has 21 heavy (non-hydrogen) atoms. The van der Waals surface area contributed by atoms with E-state index in [0.29, 0.717) is 16.5 Å². The molecule has 0 aliphatic carbocycles. The first-order valence-electron chi connectivity index (χ1n) is 6.42. The minimum Gasteiger partial charge on any atom is -0.422 e. The number of nitrogens with zero attached hydrogens (tertiary/aromatic N) is 1. The number of nitrogens with two attached hydrogens (primary N) is 1. The van der Waals surface area contributed by atoms with Gasteiger partial charge in [0.2, 0.25) is 5.78 Å². The number of benzene rings is 1. The molecular weight excluding hydrogens is 268 g/mol. The summed E-state index contributed by atoms with van der Waals surface area (Å²) in [5.41, 5.74) is 6.11. The van der Waals surface area contributed by atoms with Crippen LogP contribution < -0.4 is 11.4 Å². The molecule has 0 saturated heterocycles. The number of ketones is 1. The van der Waals surface area contributed by atoms with Gasteiger partial charge in [-0.15, -0.1) is 0 Å². The summed E-state index contributed by atoms with van der Waals surface area (Å²) in [5, 5.41) is 0.686. The van der Waals surface area contributed by atoms with E-state index in [1.807, 2.05) is 6.07 Å². The molecule has 2 heterocycles. The number of carbonyl (C=O) groups is 1. The Balaban J connectivity index is 2.18. The van der Waals surface area contributed by atoms with Gasteiger partial charge in [0.25, 0.3) is 0 Å². The molecule has 5 nitrogen and oxygen atoms in total. The second-order valence-electron chi connectivity index (χ2n) is 4.53. The van der Waals surface area contributed by atoms with E-state index in [-0.39, 0.29) is 17.8 Å². The second-order valence-corrected chi connectivity index (χ2v) is 4.53. The zero-order valence-corrected chi connectivity index (χ0v) is 11.1. The van der Waals surface area contributed by atoms with Crippen molar-refractivity contribution in [2.75, 3.05) is 0 Å². The van der Waals surface area contributed by atoms with Gasteiger partial charge in [-0.05, 0) is 23.8 Å². The molecule has 3 aromatic rings. The predicted molar refractivity (Wildman–Crippen MR) is 78.0 cm³/mol. The molecule has 2 N–H and O–H groups in total. The predicted octanol–water partition coefficient (Wildman–Crippen LogP) is 1.88. The molecule has 104 valence electrons. The molecule has 0 bridgehead atoms. The van der Waals surface area contributed by atoms with Crippen molar-refractivity contribution < 1.29 is 9.21 Å². The van der Waals surface area contributed by atoms with Gasteiger partial charge in [-0.1, -0.05) is 24.3 Å². The fourth-order valence-corrected chi connectivity index (χ4v) is 2.16. The molecule has 0 atom stereocenters. The number of rotatable bonds is 3. The highest BCUT2D eigenvalue weighted by molar-refractivity contribution is 6.09. The summed E-state index contributed by atoms with van der Waals surface area (Å²) in [6, 6.07) is 12.0. The van der Waals surface area contributed by atoms with Crippen molar-refractivity contribution in [2.24, 2.45) is 5.73 Å². The minimum atomic E-state index is -0.674. The molecular formula is C16H12N2O3. The van der Waals surface area contributed by atoms with Crippen molar-refractivity contribution in [1.29, 1.82) is 0 Å². The highest BCUT2D eigenvalue weighted by Gasteiger charge is 2.19. The van der Waals surface area contributed by atoms with Crippen LogP contribution in [0.1, 0.15) is 21.6 Å². The quantitative estimate of drug-likeness (QED) is 0.584. The summed E-state index contributed by atoms with van der Waals surface area (Å²) >= 11 is 0. The standard InChI is InChI=1S/C16H12N2O3/c17-9-11-5-3-7-18-14(11)15(19)12-8-10-4-1-2-6-13(10)21-16(12)20/h1-8H,9,17H2. The van der Waals surface area contributed by atoms with Gasteiger partial charge >= 0.3 is 5.63 Å². The van der Waals surface area contributed by atoms with E-state index < -0.39 is 11.4 Å². The number of para-hydroxylation sites is 1. The Morgan fingerprint density at radius 2 is 2.00 bits per heavy atom. The first-order chi connectivity index (χ1) is 10.2. The minimum absolute atomic E-state index is 0.0397. The summed E-state index contributed by atoms with van der Waals surface area (Å²) in [7, 11) is 0. The molecule has 1 aromatic carbocycles. The van der Waals surface area contributed by atoms with E-state index in [9.17, 15) is 9.59 Å². The zero-order chi connectivity index (χ0) is 14.8. The molecule has 3 rings (SSSR count). The average Bonchev–Trinajstić information content (AvgIpc) is 2.53. The highest BCUT2D eigenvalue weighted by Crippen LogP contribution is 2.15. The molecule has 0 unspecified atom stereocenters. The third-order valence-electron chi connectivity index (χ3n) is 3.21. The van der Waals surface area contributed by atoms with Crippen LogP contribution in [0.25, 0.3) is 11.0 Å². The van der Waals surface area contributed by atoms with Crippen LogP contribution in [0.15, 0.2) is 57.9 Å². The van der Waals surface area contributed by atoms with Crippen LogP contribution >= 0.6 is 0 Å². The van der Waals surface area contributed by atoms with Crippen LogP contribution in [0.5, 0.6) is 0 Å². The summed E-state index contributed by atoms with van der Waals surface area (Å²) in [4.78, 5) is 28.6. The molecule has 0 amide bonds. The number of hydrogen-bond acceptors (Lipinski definition) is 5. The molecule has 0 spiro atoms. The number of carbonyl (C=O) groups excluding carboxylic acids is 1. The van der Waals surface area contributed by atoms with Gasteiger partial charge in [0.05, 0.1) is 0 Å². The Morgan fingerprint density at radius 1 is 1.19 bits per heavy atom. The van der Waals surface area contributed by atoms with Crippen LogP contribution in [-0.4, -0.2) is 10.8 Å². The van der Waals surface area contributed by atoms with Gasteiger partial charge in [0.1, 0.15) is 16.8 Å². The summed E-state index contributed by atoms with van der Waals surface area (Å²) in [6.07, 6.45) is 1.50. The maximum Gasteiger partial charge on any atom is 0.347 e. The zero-order valence-electron chi connectivity index (χ0n) is 11.1. The fourth-order valence-electron chi connectivity index (χ4n) is 2.16. The van der Waals surface area contributed by atoms with Crippen LogP contribution in [-0.2, 0) is 6.54 Å². The van der Waals surface area contributed by atoms with Crippen molar-refractivity contribution in [1.82, 2.24) is 4.98 Å². The Bertz CT molecular complexity index is 884. The van der Waals surface area contributed by atoms with Crippen molar-refractivity contribution in [3.05, 3.63) is 75.9 Å². The van der Waals surface area contributed by atoms with Gasteiger partial charge in [0.15, 0.2) is 0 Å². The van der Waals surface area contributed by atoms with Gasteiger partial charge in [-0.2, -0.15) is 0 Å². The average molecular weight is 280 g/mol. The first-order valence-corrected chi connectivity index (χ1v) is 6.42. The number of aromatic nitrogens is 1. The molecule has 0 aliphatic rings. The van der Waals surface area contributed by atoms with Gasteiger partial charge in [-0.25, -0.2) is 4.79 Å². The number of hydrogen-bond donors (Lipinski definition) is 1. The molecule has 0 aliphatic heterocycles. The van der Waals surface area contributed by atoms with E-state index in [0.717, 1.165) is 0 Å². The summed E-state index contributed by atoms with van der Waals surface area (Å²) in [6.45, 7) is 0.174. The van der Waals surface area contributed by atoms with E-state index in [1.54, 1.807) is 30.3 Å². The molecule has 2 aromatic heterocycles. The Morgan fingerprint density at radius 3 is 2.81 bits per heavy atom. The lowest BCUT2D eigenvalue weighted by Crippen LogP contribution is -2.18. The highest BCUT2D eigenvalue weighted by atomic mass is 16.4. The largest absolute Gasteiger partial charge is 0.422 e. The molecule has 0 saturated carbocycles. The first kappa shape index (κ1) is 13.2. The van der Waals surface area contributed by atoms with E-state index in [2.05, 4.69) is 4.98 Å². The van der Waals surface area contributed by atoms with Crippen molar-refractivity contribution >= 4 is 16.8 Å². The lowest BCUT2D eigenvalue weighted by molar-refractivity contribution is 0.103. The second kappa shape index (κ2) is 5.30. The fraction of sp³-hybridized carbons (Fsp3) is 0.0625. The summed E-state index contributed by atoms with van der Waals surface area (Å²) in [5.74, 6) is -0.476. The van der Waals surface area contributed by atoms with E-state index >= 15 is 0 Å². The van der Waals surface area contributed by atoms with Crippen molar-refractivity contribution in [3.63, 3.8) is 0 Å². The third-order valence-corrected chi connectivity index (χ3v) is 3.21. The SMILES string of the molecule is NCc1cccnc1C(=O)c1cc2ccccc2oc1=O. The molecule has 5 heteroatoms. The van der Waals surface area contributed by atoms with Crippen LogP contribution in [0, 0.1) is 0 Å². The van der Waals surface area contributed by atoms with Crippen LogP contribution in [0.2, 0.25) is 0 Å². The molecule has 0 fully saturated rings. The Kier molecular flexibility index (Phi) is 3.33. The lowest BCUT2D eigenvalue weighted by Gasteiger charge is -2.05. The van der Waals surface area contributed by atoms with Gasteiger partial charge in [0, 0.05) is 18.1 Å². The van der Waals surface area contributed by atoms with Gasteiger partial charge < -0.3 is 10.2 Å². The number of pyridine rings is 1. The topological polar surface area (TPSA) is 86.2 Å². The third kappa shape index (κ3) is 2.34. The van der Waals surface area contributed by atoms with Crippen LogP contribution in [0.4, 0.5) is 0 Å². The Labute approximate surface area is 120 Å². The van der Waals surface area contributed by atoms with Crippen LogP contribution in [0.3, 0.4) is 0 Å². The van der Waals surface area contributed by atoms with E-state index in [1.165, 1.54) is 12.3 Å². The van der Waals surface area contributed by atoms with Crippen molar-refractivity contribution in [3.8, 4) is 0 Å². The monoisotopic (exact) mass is 280 g/mol. The Hall–Kier alpha value is -2.79. The maximum atomic E-state index is 12.5. The normalized spacial score (nSPS) is 10.7. The maximum absolute atomic E-state index is 12.5.